The van der Waals surface area contributed by atoms with Gasteiger partial charge in [-0.1, -0.05) is 11.8 Å². The van der Waals surface area contributed by atoms with Gasteiger partial charge in [-0.2, -0.15) is 0 Å². The Balaban J connectivity index is 0.00000121. The van der Waals surface area contributed by atoms with Crippen LogP contribution in [0.3, 0.4) is 0 Å². The summed E-state index contributed by atoms with van der Waals surface area (Å²) >= 11 is 1.88. The summed E-state index contributed by atoms with van der Waals surface area (Å²) in [6, 6.07) is 0. The Morgan fingerprint density at radius 1 is 1.58 bits per heavy atom. The average molecular weight is 254 g/mol. The van der Waals surface area contributed by atoms with Crippen LogP contribution in [0.25, 0.3) is 0 Å². The number of aliphatic hydroxyl groups is 1. The van der Waals surface area contributed by atoms with Crippen LogP contribution in [-0.2, 0) is 0 Å². The molecule has 1 aliphatic heterocycles. The molecule has 1 rings (SSSR count). The molecule has 0 atom stereocenters. The highest BCUT2D eigenvalue weighted by Gasteiger charge is 2.38. The summed E-state index contributed by atoms with van der Waals surface area (Å²) in [6.07, 6.45) is 0. The average Bonchev–Trinajstić information content (AvgIpc) is 2.16. The maximum absolute atomic E-state index is 8.81. The SMILES string of the molecule is CC1=[N+](CCO)C(C)(C)CS1.[Br-]. The first-order valence-electron chi connectivity index (χ1n) is 3.93. The number of thioether (sulfide) groups is 1. The molecule has 1 heterocycles. The topological polar surface area (TPSA) is 23.2 Å². The summed E-state index contributed by atoms with van der Waals surface area (Å²) in [7, 11) is 0. The molecule has 0 bridgehead atoms. The highest BCUT2D eigenvalue weighted by atomic mass is 79.9. The fourth-order valence-electron chi connectivity index (χ4n) is 1.42. The third-order valence-electron chi connectivity index (χ3n) is 2.07. The van der Waals surface area contributed by atoms with E-state index in [0.717, 1.165) is 12.3 Å². The molecular formula is C8H16BrNOS. The summed E-state index contributed by atoms with van der Waals surface area (Å²) in [4.78, 5) is 0. The lowest BCUT2D eigenvalue weighted by Crippen LogP contribution is -3.00. The first kappa shape index (κ1) is 12.5. The summed E-state index contributed by atoms with van der Waals surface area (Å²) in [5.74, 6) is 1.14. The third kappa shape index (κ3) is 2.47. The second kappa shape index (κ2) is 4.63. The second-order valence-corrected chi connectivity index (χ2v) is 4.66. The number of nitrogens with zero attached hydrogens (tertiary/aromatic N) is 1. The molecule has 0 aromatic carbocycles. The lowest BCUT2D eigenvalue weighted by molar-refractivity contribution is -0.591. The molecule has 72 valence electrons. The van der Waals surface area contributed by atoms with E-state index in [1.54, 1.807) is 0 Å². The normalized spacial score (nSPS) is 21.0. The zero-order chi connectivity index (χ0) is 8.48. The second-order valence-electron chi connectivity index (χ2n) is 3.50. The maximum Gasteiger partial charge on any atom is 0.208 e. The number of hydrogen-bond donors (Lipinski definition) is 1. The van der Waals surface area contributed by atoms with Crippen LogP contribution >= 0.6 is 11.8 Å². The molecule has 0 spiro atoms. The fraction of sp³-hybridized carbons (Fsp3) is 0.875. The third-order valence-corrected chi connectivity index (χ3v) is 3.56. The van der Waals surface area contributed by atoms with E-state index in [9.17, 15) is 0 Å². The van der Waals surface area contributed by atoms with Crippen LogP contribution in [0, 0.1) is 0 Å². The van der Waals surface area contributed by atoms with Gasteiger partial charge in [0.15, 0.2) is 12.1 Å². The van der Waals surface area contributed by atoms with Crippen LogP contribution in [0.15, 0.2) is 0 Å². The van der Waals surface area contributed by atoms with Gasteiger partial charge in [-0.3, -0.25) is 0 Å². The van der Waals surface area contributed by atoms with Gasteiger partial charge in [0.25, 0.3) is 0 Å². The van der Waals surface area contributed by atoms with Crippen molar-refractivity contribution in [3.63, 3.8) is 0 Å². The van der Waals surface area contributed by atoms with Gasteiger partial charge >= 0.3 is 0 Å². The summed E-state index contributed by atoms with van der Waals surface area (Å²) in [5.41, 5.74) is 0.234. The van der Waals surface area contributed by atoms with Crippen molar-refractivity contribution in [2.24, 2.45) is 0 Å². The molecule has 0 unspecified atom stereocenters. The minimum absolute atomic E-state index is 0. The summed E-state index contributed by atoms with van der Waals surface area (Å²) in [6.45, 7) is 7.57. The summed E-state index contributed by atoms with van der Waals surface area (Å²) in [5, 5.41) is 10.1. The first-order valence-corrected chi connectivity index (χ1v) is 4.91. The van der Waals surface area contributed by atoms with E-state index >= 15 is 0 Å². The molecule has 0 aromatic heterocycles. The van der Waals surface area contributed by atoms with Crippen molar-refractivity contribution in [2.45, 2.75) is 26.3 Å². The number of rotatable bonds is 2. The van der Waals surface area contributed by atoms with Crippen LogP contribution in [-0.4, -0.2) is 39.2 Å². The van der Waals surface area contributed by atoms with Crippen LogP contribution in [0.4, 0.5) is 0 Å². The molecule has 0 radical (unpaired) electrons. The van der Waals surface area contributed by atoms with Gasteiger partial charge in [0.1, 0.15) is 6.61 Å². The molecule has 0 aliphatic carbocycles. The minimum atomic E-state index is 0. The van der Waals surface area contributed by atoms with E-state index in [0.29, 0.717) is 0 Å². The quantitative estimate of drug-likeness (QED) is 0.573. The van der Waals surface area contributed by atoms with Gasteiger partial charge in [0.05, 0.1) is 5.75 Å². The smallest absolute Gasteiger partial charge is 0.208 e. The van der Waals surface area contributed by atoms with Crippen LogP contribution in [0.1, 0.15) is 20.8 Å². The minimum Gasteiger partial charge on any atom is -1.00 e. The van der Waals surface area contributed by atoms with Crippen molar-refractivity contribution in [1.29, 1.82) is 0 Å². The van der Waals surface area contributed by atoms with Crippen molar-refractivity contribution in [3.05, 3.63) is 0 Å². The van der Waals surface area contributed by atoms with E-state index in [4.69, 9.17) is 5.11 Å². The Morgan fingerprint density at radius 3 is 2.50 bits per heavy atom. The standard InChI is InChI=1S/C8H16NOS.BrH/c1-7-9(4-5-10)8(2,3)6-11-7;/h10H,4-6H2,1-3H3;1H/q+1;/p-1. The number of β-amino-alcohol motifs (C(OH)–C–C–N with tert-alkyl or cyclic N) is 1. The molecule has 0 saturated heterocycles. The zero-order valence-electron chi connectivity index (χ0n) is 7.80. The predicted molar refractivity (Wildman–Crippen MR) is 49.4 cm³/mol. The molecular weight excluding hydrogens is 238 g/mol. The highest BCUT2D eigenvalue weighted by Crippen LogP contribution is 2.25. The van der Waals surface area contributed by atoms with Crippen molar-refractivity contribution >= 4 is 16.8 Å². The highest BCUT2D eigenvalue weighted by molar-refractivity contribution is 8.13. The van der Waals surface area contributed by atoms with Crippen molar-refractivity contribution in [3.8, 4) is 0 Å². The van der Waals surface area contributed by atoms with Crippen molar-refractivity contribution in [1.82, 2.24) is 0 Å². The molecule has 12 heavy (non-hydrogen) atoms. The lowest BCUT2D eigenvalue weighted by atomic mass is 10.1. The Morgan fingerprint density at radius 2 is 2.17 bits per heavy atom. The Labute approximate surface area is 88.8 Å². The molecule has 0 saturated carbocycles. The molecule has 1 N–H and O–H groups in total. The number of halogens is 1. The van der Waals surface area contributed by atoms with Crippen LogP contribution in [0.2, 0.25) is 0 Å². The molecule has 4 heteroatoms. The van der Waals surface area contributed by atoms with Gasteiger partial charge in [-0.05, 0) is 0 Å². The fourth-order valence-corrected chi connectivity index (χ4v) is 2.64. The lowest BCUT2D eigenvalue weighted by Gasteiger charge is -2.15. The maximum atomic E-state index is 8.81. The van der Waals surface area contributed by atoms with E-state index in [1.807, 2.05) is 11.8 Å². The number of hydrogen-bond acceptors (Lipinski definition) is 2. The summed E-state index contributed by atoms with van der Waals surface area (Å²) < 4.78 is 2.28. The van der Waals surface area contributed by atoms with E-state index in [-0.39, 0.29) is 29.1 Å². The Kier molecular flexibility index (Phi) is 4.81. The molecule has 0 amide bonds. The Hall–Kier alpha value is 0.460. The zero-order valence-corrected chi connectivity index (χ0v) is 10.2. The largest absolute Gasteiger partial charge is 1.00 e. The first-order chi connectivity index (χ1) is 5.08. The van der Waals surface area contributed by atoms with Crippen molar-refractivity contribution in [2.75, 3.05) is 18.9 Å². The van der Waals surface area contributed by atoms with Crippen LogP contribution < -0.4 is 17.0 Å². The Bertz CT molecular complexity index is 191. The van der Waals surface area contributed by atoms with Gasteiger partial charge in [0, 0.05) is 20.8 Å². The van der Waals surface area contributed by atoms with Crippen LogP contribution in [0.5, 0.6) is 0 Å². The molecule has 0 aromatic rings. The van der Waals surface area contributed by atoms with Crippen molar-refractivity contribution < 1.29 is 26.7 Å². The number of aliphatic hydroxyl groups excluding tert-OH is 1. The van der Waals surface area contributed by atoms with Gasteiger partial charge < -0.3 is 22.1 Å². The molecule has 0 fully saturated rings. The monoisotopic (exact) mass is 253 g/mol. The van der Waals surface area contributed by atoms with E-state index in [2.05, 4.69) is 25.3 Å². The van der Waals surface area contributed by atoms with Gasteiger partial charge in [-0.15, -0.1) is 0 Å². The van der Waals surface area contributed by atoms with Gasteiger partial charge in [-0.25, -0.2) is 4.58 Å². The molecule has 2 nitrogen and oxygen atoms in total. The van der Waals surface area contributed by atoms with E-state index < -0.39 is 0 Å². The predicted octanol–water partition coefficient (Wildman–Crippen LogP) is -2.06. The van der Waals surface area contributed by atoms with Gasteiger partial charge in [0.2, 0.25) is 5.04 Å². The molecule has 1 aliphatic rings. The van der Waals surface area contributed by atoms with E-state index in [1.165, 1.54) is 5.04 Å².